The van der Waals surface area contributed by atoms with Crippen LogP contribution >= 0.6 is 11.6 Å². The van der Waals surface area contributed by atoms with E-state index >= 15 is 0 Å². The summed E-state index contributed by atoms with van der Waals surface area (Å²) in [4.78, 5) is 28.1. The van der Waals surface area contributed by atoms with Gasteiger partial charge in [-0.2, -0.15) is 0 Å². The third kappa shape index (κ3) is 3.10. The summed E-state index contributed by atoms with van der Waals surface area (Å²) in [5.41, 5.74) is 3.41. The number of nitrogens with zero attached hydrogens (tertiary/aromatic N) is 4. The Morgan fingerprint density at radius 1 is 1.04 bits per heavy atom. The monoisotopic (exact) mass is 392 g/mol. The number of likely N-dealkylation sites (tertiary alicyclic amines) is 1. The summed E-state index contributed by atoms with van der Waals surface area (Å²) in [7, 11) is 0. The molecule has 1 fully saturated rings. The van der Waals surface area contributed by atoms with Crippen molar-refractivity contribution in [1.29, 1.82) is 0 Å². The number of oxazole rings is 1. The molecule has 4 aromatic rings. The van der Waals surface area contributed by atoms with Crippen LogP contribution in [0.5, 0.6) is 0 Å². The van der Waals surface area contributed by atoms with Gasteiger partial charge in [0.2, 0.25) is 0 Å². The van der Waals surface area contributed by atoms with Crippen molar-refractivity contribution in [2.24, 2.45) is 0 Å². The van der Waals surface area contributed by atoms with Gasteiger partial charge in [0, 0.05) is 24.0 Å². The Hall–Kier alpha value is -2.99. The van der Waals surface area contributed by atoms with E-state index in [1.165, 1.54) is 0 Å². The van der Waals surface area contributed by atoms with E-state index in [1.807, 2.05) is 35.2 Å². The second-order valence-electron chi connectivity index (χ2n) is 6.97. The lowest BCUT2D eigenvalue weighted by molar-refractivity contribution is 0.0701. The summed E-state index contributed by atoms with van der Waals surface area (Å²) in [6.45, 7) is 1.27. The number of hydrogen-bond acceptors (Lipinski definition) is 5. The van der Waals surface area contributed by atoms with Crippen LogP contribution in [0.2, 0.25) is 5.02 Å². The lowest BCUT2D eigenvalue weighted by atomic mass is 9.96. The van der Waals surface area contributed by atoms with Gasteiger partial charge in [-0.3, -0.25) is 9.78 Å². The van der Waals surface area contributed by atoms with Gasteiger partial charge in [-0.1, -0.05) is 23.7 Å². The van der Waals surface area contributed by atoms with Gasteiger partial charge in [-0.15, -0.1) is 0 Å². The van der Waals surface area contributed by atoms with Gasteiger partial charge in [-0.05, 0) is 43.2 Å². The summed E-state index contributed by atoms with van der Waals surface area (Å²) in [5, 5.41) is 0.643. The highest BCUT2D eigenvalue weighted by molar-refractivity contribution is 6.31. The molecule has 1 saturated heterocycles. The minimum Gasteiger partial charge on any atom is -0.440 e. The molecule has 6 nitrogen and oxygen atoms in total. The van der Waals surface area contributed by atoms with Crippen molar-refractivity contribution >= 4 is 39.6 Å². The number of hydrogen-bond donors (Lipinski definition) is 0. The molecular formula is C21H17ClN4O2. The molecule has 3 heterocycles. The Bertz CT molecular complexity index is 1180. The molecule has 0 N–H and O–H groups in total. The zero-order valence-electron chi connectivity index (χ0n) is 15.0. The number of rotatable bonds is 2. The second-order valence-corrected chi connectivity index (χ2v) is 7.41. The largest absolute Gasteiger partial charge is 0.440 e. The first kappa shape index (κ1) is 17.1. The fourth-order valence-electron chi connectivity index (χ4n) is 3.64. The number of halogens is 1. The number of carbonyl (C=O) groups is 1. The van der Waals surface area contributed by atoms with E-state index in [4.69, 9.17) is 16.0 Å². The van der Waals surface area contributed by atoms with Gasteiger partial charge >= 0.3 is 0 Å². The highest BCUT2D eigenvalue weighted by Gasteiger charge is 2.28. The van der Waals surface area contributed by atoms with Crippen LogP contribution < -0.4 is 0 Å². The first-order chi connectivity index (χ1) is 13.7. The van der Waals surface area contributed by atoms with Crippen molar-refractivity contribution in [2.45, 2.75) is 18.8 Å². The predicted octanol–water partition coefficient (Wildman–Crippen LogP) is 4.44. The summed E-state index contributed by atoms with van der Waals surface area (Å²) in [6, 6.07) is 13.0. The highest BCUT2D eigenvalue weighted by atomic mass is 35.5. The third-order valence-corrected chi connectivity index (χ3v) is 5.40. The Morgan fingerprint density at radius 2 is 1.82 bits per heavy atom. The minimum atomic E-state index is -0.0824. The topological polar surface area (TPSA) is 72.1 Å². The van der Waals surface area contributed by atoms with Crippen LogP contribution in [0.3, 0.4) is 0 Å². The fraction of sp³-hybridized carbons (Fsp3) is 0.238. The van der Waals surface area contributed by atoms with E-state index in [-0.39, 0.29) is 11.8 Å². The van der Waals surface area contributed by atoms with Crippen molar-refractivity contribution in [3.63, 3.8) is 0 Å². The summed E-state index contributed by atoms with van der Waals surface area (Å²) >= 11 is 6.03. The smallest absolute Gasteiger partial charge is 0.274 e. The lowest BCUT2D eigenvalue weighted by Gasteiger charge is -2.30. The molecule has 28 heavy (non-hydrogen) atoms. The van der Waals surface area contributed by atoms with Crippen molar-refractivity contribution < 1.29 is 9.21 Å². The normalized spacial score (nSPS) is 15.4. The maximum atomic E-state index is 12.8. The molecule has 5 rings (SSSR count). The predicted molar refractivity (Wildman–Crippen MR) is 106 cm³/mol. The van der Waals surface area contributed by atoms with Crippen LogP contribution in [0.25, 0.3) is 22.1 Å². The maximum Gasteiger partial charge on any atom is 0.274 e. The molecule has 0 aliphatic carbocycles. The van der Waals surface area contributed by atoms with Gasteiger partial charge in [0.05, 0.1) is 17.2 Å². The van der Waals surface area contributed by atoms with Crippen LogP contribution in [0, 0.1) is 0 Å². The second kappa shape index (κ2) is 6.87. The molecule has 140 valence electrons. The molecule has 0 unspecified atom stereocenters. The van der Waals surface area contributed by atoms with E-state index < -0.39 is 0 Å². The van der Waals surface area contributed by atoms with Crippen molar-refractivity contribution in [1.82, 2.24) is 19.9 Å². The van der Waals surface area contributed by atoms with Crippen molar-refractivity contribution in [2.75, 3.05) is 13.1 Å². The summed E-state index contributed by atoms with van der Waals surface area (Å²) < 4.78 is 5.90. The highest BCUT2D eigenvalue weighted by Crippen LogP contribution is 2.31. The molecule has 1 amide bonds. The van der Waals surface area contributed by atoms with Gasteiger partial charge < -0.3 is 9.32 Å². The number of amides is 1. The summed E-state index contributed by atoms with van der Waals surface area (Å²) in [6.07, 6.45) is 3.15. The zero-order chi connectivity index (χ0) is 19.1. The van der Waals surface area contributed by atoms with Crippen LogP contribution in [-0.4, -0.2) is 38.8 Å². The van der Waals surface area contributed by atoms with E-state index in [0.717, 1.165) is 40.9 Å². The Kier molecular flexibility index (Phi) is 4.20. The Balaban J connectivity index is 1.30. The average Bonchev–Trinajstić information content (AvgIpc) is 3.16. The van der Waals surface area contributed by atoms with E-state index in [1.54, 1.807) is 18.3 Å². The lowest BCUT2D eigenvalue weighted by Crippen LogP contribution is -2.38. The van der Waals surface area contributed by atoms with Gasteiger partial charge in [0.25, 0.3) is 5.91 Å². The van der Waals surface area contributed by atoms with Gasteiger partial charge in [-0.25, -0.2) is 9.97 Å². The minimum absolute atomic E-state index is 0.0824. The van der Waals surface area contributed by atoms with Crippen LogP contribution in [-0.2, 0) is 0 Å². The van der Waals surface area contributed by atoms with Crippen LogP contribution in [0.1, 0.15) is 35.1 Å². The number of para-hydroxylation sites is 2. The molecule has 0 bridgehead atoms. The molecule has 1 aliphatic rings. The Labute approximate surface area is 166 Å². The van der Waals surface area contributed by atoms with Crippen molar-refractivity contribution in [3.05, 3.63) is 65.3 Å². The SMILES string of the molecule is O=C(c1cnc2ccccc2n1)N1CCC(c2nc3cc(Cl)ccc3o2)CC1. The number of fused-ring (bicyclic) bond motifs is 2. The quantitative estimate of drug-likeness (QED) is 0.504. The molecule has 0 spiro atoms. The Morgan fingerprint density at radius 3 is 2.64 bits per heavy atom. The zero-order valence-corrected chi connectivity index (χ0v) is 15.8. The molecule has 2 aromatic carbocycles. The number of piperidine rings is 1. The van der Waals surface area contributed by atoms with Crippen LogP contribution in [0.15, 0.2) is 53.1 Å². The van der Waals surface area contributed by atoms with Gasteiger partial charge in [0.15, 0.2) is 11.5 Å². The van der Waals surface area contributed by atoms with Crippen molar-refractivity contribution in [3.8, 4) is 0 Å². The molecule has 0 atom stereocenters. The van der Waals surface area contributed by atoms with E-state index in [9.17, 15) is 4.79 Å². The molecule has 0 radical (unpaired) electrons. The maximum absolute atomic E-state index is 12.8. The first-order valence-electron chi connectivity index (χ1n) is 9.24. The van der Waals surface area contributed by atoms with Gasteiger partial charge in [0.1, 0.15) is 11.2 Å². The standard InChI is InChI=1S/C21H17ClN4O2/c22-14-5-6-19-17(11-14)25-20(28-19)13-7-9-26(10-8-13)21(27)18-12-23-15-3-1-2-4-16(15)24-18/h1-6,11-13H,7-10H2. The molecular weight excluding hydrogens is 376 g/mol. The summed E-state index contributed by atoms with van der Waals surface area (Å²) in [5.74, 6) is 0.828. The average molecular weight is 393 g/mol. The first-order valence-corrected chi connectivity index (χ1v) is 9.62. The van der Waals surface area contributed by atoms with E-state index in [0.29, 0.717) is 23.8 Å². The number of carbonyl (C=O) groups excluding carboxylic acids is 1. The fourth-order valence-corrected chi connectivity index (χ4v) is 3.81. The number of benzene rings is 2. The molecule has 0 saturated carbocycles. The molecule has 2 aromatic heterocycles. The van der Waals surface area contributed by atoms with E-state index in [2.05, 4.69) is 15.0 Å². The number of aromatic nitrogens is 3. The molecule has 7 heteroatoms. The molecule has 1 aliphatic heterocycles. The third-order valence-electron chi connectivity index (χ3n) is 5.17. The van der Waals surface area contributed by atoms with Crippen LogP contribution in [0.4, 0.5) is 0 Å².